The molecule has 1 aromatic carbocycles. The summed E-state index contributed by atoms with van der Waals surface area (Å²) < 4.78 is 0.842. The SMILES string of the molecule is CC(C)(CCC(=O)O)NC(=O)c1c[nH]c2cccc(Br)c12. The predicted molar refractivity (Wildman–Crippen MR) is 84.4 cm³/mol. The van der Waals surface area contributed by atoms with Gasteiger partial charge in [-0.2, -0.15) is 0 Å². The molecule has 0 radical (unpaired) electrons. The van der Waals surface area contributed by atoms with Crippen LogP contribution in [0, 0.1) is 0 Å². The first kappa shape index (κ1) is 15.6. The Morgan fingerprint density at radius 1 is 1.38 bits per heavy atom. The number of hydrogen-bond donors (Lipinski definition) is 3. The Labute approximate surface area is 130 Å². The van der Waals surface area contributed by atoms with Gasteiger partial charge in [0.1, 0.15) is 0 Å². The van der Waals surface area contributed by atoms with Crippen molar-refractivity contribution in [3.8, 4) is 0 Å². The molecule has 0 aliphatic heterocycles. The van der Waals surface area contributed by atoms with Gasteiger partial charge in [0.25, 0.3) is 5.91 Å². The molecular weight excluding hydrogens is 336 g/mol. The summed E-state index contributed by atoms with van der Waals surface area (Å²) in [6, 6.07) is 5.66. The number of nitrogens with one attached hydrogen (secondary N) is 2. The van der Waals surface area contributed by atoms with Gasteiger partial charge < -0.3 is 15.4 Å². The third kappa shape index (κ3) is 3.64. The van der Waals surface area contributed by atoms with Gasteiger partial charge in [-0.25, -0.2) is 0 Å². The molecule has 0 atom stereocenters. The Morgan fingerprint density at radius 3 is 2.76 bits per heavy atom. The van der Waals surface area contributed by atoms with Gasteiger partial charge in [0.2, 0.25) is 0 Å². The fourth-order valence-electron chi connectivity index (χ4n) is 2.18. The molecule has 0 spiro atoms. The van der Waals surface area contributed by atoms with Crippen molar-refractivity contribution in [1.29, 1.82) is 0 Å². The Kier molecular flexibility index (Phi) is 4.37. The average molecular weight is 353 g/mol. The summed E-state index contributed by atoms with van der Waals surface area (Å²) in [6.07, 6.45) is 2.06. The van der Waals surface area contributed by atoms with E-state index in [1.54, 1.807) is 6.20 Å². The largest absolute Gasteiger partial charge is 0.481 e. The number of carbonyl (C=O) groups excluding carboxylic acids is 1. The van der Waals surface area contributed by atoms with Crippen molar-refractivity contribution in [2.24, 2.45) is 0 Å². The van der Waals surface area contributed by atoms with E-state index in [-0.39, 0.29) is 12.3 Å². The number of aromatic amines is 1. The monoisotopic (exact) mass is 352 g/mol. The number of carbonyl (C=O) groups is 2. The first-order chi connectivity index (χ1) is 9.80. The van der Waals surface area contributed by atoms with Crippen molar-refractivity contribution in [3.05, 3.63) is 34.4 Å². The highest BCUT2D eigenvalue weighted by molar-refractivity contribution is 9.10. The summed E-state index contributed by atoms with van der Waals surface area (Å²) in [5.41, 5.74) is 0.832. The third-order valence-corrected chi connectivity index (χ3v) is 3.98. The summed E-state index contributed by atoms with van der Waals surface area (Å²) in [6.45, 7) is 3.63. The molecule has 21 heavy (non-hydrogen) atoms. The van der Waals surface area contributed by atoms with E-state index in [2.05, 4.69) is 26.2 Å². The second-order valence-electron chi connectivity index (χ2n) is 5.60. The fourth-order valence-corrected chi connectivity index (χ4v) is 2.76. The number of amides is 1. The summed E-state index contributed by atoms with van der Waals surface area (Å²) in [4.78, 5) is 26.1. The Morgan fingerprint density at radius 2 is 2.10 bits per heavy atom. The van der Waals surface area contributed by atoms with Crippen LogP contribution in [-0.4, -0.2) is 27.5 Å². The molecule has 0 fully saturated rings. The van der Waals surface area contributed by atoms with Crippen molar-refractivity contribution >= 4 is 38.7 Å². The van der Waals surface area contributed by atoms with E-state index in [1.165, 1.54) is 0 Å². The molecular formula is C15H17BrN2O3. The normalized spacial score (nSPS) is 11.6. The maximum Gasteiger partial charge on any atom is 0.303 e. The van der Waals surface area contributed by atoms with Crippen LogP contribution in [0.4, 0.5) is 0 Å². The minimum Gasteiger partial charge on any atom is -0.481 e. The molecule has 0 unspecified atom stereocenters. The summed E-state index contributed by atoms with van der Waals surface area (Å²) in [5, 5.41) is 12.5. The van der Waals surface area contributed by atoms with Crippen LogP contribution in [0.15, 0.2) is 28.9 Å². The molecule has 3 N–H and O–H groups in total. The van der Waals surface area contributed by atoms with E-state index in [0.29, 0.717) is 12.0 Å². The van der Waals surface area contributed by atoms with Crippen molar-refractivity contribution in [2.45, 2.75) is 32.2 Å². The molecule has 1 aromatic heterocycles. The topological polar surface area (TPSA) is 82.2 Å². The molecule has 0 bridgehead atoms. The number of halogens is 1. The zero-order chi connectivity index (χ0) is 15.6. The fraction of sp³-hybridized carbons (Fsp3) is 0.333. The second kappa shape index (κ2) is 5.89. The maximum absolute atomic E-state index is 12.4. The lowest BCUT2D eigenvalue weighted by Crippen LogP contribution is -2.43. The van der Waals surface area contributed by atoms with Crippen molar-refractivity contribution in [2.75, 3.05) is 0 Å². The number of aliphatic carboxylic acids is 1. The Hall–Kier alpha value is -1.82. The molecule has 2 rings (SSSR count). The molecule has 6 heteroatoms. The van der Waals surface area contributed by atoms with Crippen molar-refractivity contribution in [1.82, 2.24) is 10.3 Å². The molecule has 1 amide bonds. The van der Waals surface area contributed by atoms with Crippen molar-refractivity contribution < 1.29 is 14.7 Å². The molecule has 0 saturated carbocycles. The van der Waals surface area contributed by atoms with Gasteiger partial charge in [-0.15, -0.1) is 0 Å². The quantitative estimate of drug-likeness (QED) is 0.771. The van der Waals surface area contributed by atoms with Gasteiger partial charge in [0, 0.05) is 33.5 Å². The zero-order valence-corrected chi connectivity index (χ0v) is 13.5. The van der Waals surface area contributed by atoms with Gasteiger partial charge in [0.15, 0.2) is 0 Å². The van der Waals surface area contributed by atoms with Gasteiger partial charge >= 0.3 is 5.97 Å². The minimum atomic E-state index is -0.868. The molecule has 0 aliphatic rings. The molecule has 0 saturated heterocycles. The number of hydrogen-bond acceptors (Lipinski definition) is 2. The van der Waals surface area contributed by atoms with E-state index < -0.39 is 11.5 Å². The summed E-state index contributed by atoms with van der Waals surface area (Å²) >= 11 is 3.45. The molecule has 5 nitrogen and oxygen atoms in total. The second-order valence-corrected chi connectivity index (χ2v) is 6.45. The van der Waals surface area contributed by atoms with Crippen LogP contribution in [0.25, 0.3) is 10.9 Å². The summed E-state index contributed by atoms with van der Waals surface area (Å²) in [7, 11) is 0. The first-order valence-corrected chi connectivity index (χ1v) is 7.39. The molecule has 112 valence electrons. The van der Waals surface area contributed by atoms with Crippen LogP contribution in [0.3, 0.4) is 0 Å². The molecule has 0 aliphatic carbocycles. The van der Waals surface area contributed by atoms with Crippen LogP contribution in [0.2, 0.25) is 0 Å². The number of benzene rings is 1. The van der Waals surface area contributed by atoms with Crippen LogP contribution in [0.1, 0.15) is 37.0 Å². The van der Waals surface area contributed by atoms with Crippen LogP contribution < -0.4 is 5.32 Å². The number of carboxylic acids is 1. The number of aromatic nitrogens is 1. The summed E-state index contributed by atoms with van der Waals surface area (Å²) in [5.74, 6) is -1.09. The Balaban J connectivity index is 2.21. The van der Waals surface area contributed by atoms with Gasteiger partial charge in [-0.05, 0) is 32.4 Å². The maximum atomic E-state index is 12.4. The standard InChI is InChI=1S/C15H17BrN2O3/c1-15(2,7-6-12(19)20)18-14(21)9-8-17-11-5-3-4-10(16)13(9)11/h3-5,8,17H,6-7H2,1-2H3,(H,18,21)(H,19,20). The molecule has 1 heterocycles. The van der Waals surface area contributed by atoms with Gasteiger partial charge in [0.05, 0.1) is 5.56 Å². The highest BCUT2D eigenvalue weighted by atomic mass is 79.9. The van der Waals surface area contributed by atoms with E-state index in [9.17, 15) is 9.59 Å². The van der Waals surface area contributed by atoms with E-state index in [1.807, 2.05) is 32.0 Å². The predicted octanol–water partition coefficient (Wildman–Crippen LogP) is 3.30. The Bertz CT molecular complexity index is 691. The highest BCUT2D eigenvalue weighted by Gasteiger charge is 2.24. The van der Waals surface area contributed by atoms with Gasteiger partial charge in [-0.1, -0.05) is 22.0 Å². The average Bonchev–Trinajstić information content (AvgIpc) is 2.81. The van der Waals surface area contributed by atoms with E-state index in [4.69, 9.17) is 5.11 Å². The zero-order valence-electron chi connectivity index (χ0n) is 11.9. The van der Waals surface area contributed by atoms with Crippen LogP contribution in [0.5, 0.6) is 0 Å². The smallest absolute Gasteiger partial charge is 0.303 e. The van der Waals surface area contributed by atoms with Gasteiger partial charge in [-0.3, -0.25) is 9.59 Å². The van der Waals surface area contributed by atoms with Crippen LogP contribution in [-0.2, 0) is 4.79 Å². The number of carboxylic acid groups (broad SMARTS) is 1. The number of H-pyrrole nitrogens is 1. The van der Waals surface area contributed by atoms with E-state index in [0.717, 1.165) is 15.4 Å². The van der Waals surface area contributed by atoms with E-state index >= 15 is 0 Å². The highest BCUT2D eigenvalue weighted by Crippen LogP contribution is 2.27. The van der Waals surface area contributed by atoms with Crippen molar-refractivity contribution in [3.63, 3.8) is 0 Å². The molecule has 2 aromatic rings. The number of fused-ring (bicyclic) bond motifs is 1. The first-order valence-electron chi connectivity index (χ1n) is 6.60. The number of rotatable bonds is 5. The lowest BCUT2D eigenvalue weighted by Gasteiger charge is -2.25. The lowest BCUT2D eigenvalue weighted by atomic mass is 9.97. The third-order valence-electron chi connectivity index (χ3n) is 3.32. The minimum absolute atomic E-state index is 0.0187. The lowest BCUT2D eigenvalue weighted by molar-refractivity contribution is -0.137. The van der Waals surface area contributed by atoms with Crippen LogP contribution >= 0.6 is 15.9 Å².